The predicted octanol–water partition coefficient (Wildman–Crippen LogP) is 3.28. The molecule has 0 saturated heterocycles. The quantitative estimate of drug-likeness (QED) is 0.760. The summed E-state index contributed by atoms with van der Waals surface area (Å²) in [5.41, 5.74) is -0.753. The molecule has 0 aliphatic heterocycles. The molecule has 1 N–H and O–H groups in total. The summed E-state index contributed by atoms with van der Waals surface area (Å²) in [7, 11) is 0. The molecule has 1 aromatic carbocycles. The van der Waals surface area contributed by atoms with E-state index in [0.29, 0.717) is 12.8 Å². The normalized spacial score (nSPS) is 16.7. The van der Waals surface area contributed by atoms with E-state index in [1.54, 1.807) is 0 Å². The van der Waals surface area contributed by atoms with Crippen molar-refractivity contribution in [2.45, 2.75) is 39.2 Å². The first-order valence-electron chi connectivity index (χ1n) is 5.21. The number of hydrogen-bond acceptors (Lipinski definition) is 1. The van der Waals surface area contributed by atoms with Crippen LogP contribution in [0.5, 0.6) is 0 Å². The minimum Gasteiger partial charge on any atom is -0.385 e. The Balaban J connectivity index is 0.000000531. The van der Waals surface area contributed by atoms with Crippen LogP contribution in [0.25, 0.3) is 0 Å². The molecular weight excluding hydrogens is 198 g/mol. The van der Waals surface area contributed by atoms with E-state index in [9.17, 15) is 13.9 Å². The van der Waals surface area contributed by atoms with E-state index < -0.39 is 17.2 Å². The molecule has 2 rings (SSSR count). The van der Waals surface area contributed by atoms with Crippen molar-refractivity contribution in [2.75, 3.05) is 0 Å². The van der Waals surface area contributed by atoms with E-state index >= 15 is 0 Å². The Labute approximate surface area is 88.7 Å². The zero-order valence-corrected chi connectivity index (χ0v) is 9.27. The van der Waals surface area contributed by atoms with Crippen LogP contribution in [0.3, 0.4) is 0 Å². The molecule has 0 aromatic heterocycles. The second kappa shape index (κ2) is 4.27. The Hall–Kier alpha value is -0.960. The summed E-state index contributed by atoms with van der Waals surface area (Å²) >= 11 is 0. The van der Waals surface area contributed by atoms with E-state index in [2.05, 4.69) is 0 Å². The maximum absolute atomic E-state index is 13.4. The first-order chi connectivity index (χ1) is 7.03. The summed E-state index contributed by atoms with van der Waals surface area (Å²) in [6.07, 6.45) is 1.04. The third kappa shape index (κ3) is 2.34. The lowest BCUT2D eigenvalue weighted by Crippen LogP contribution is -2.09. The molecule has 1 fully saturated rings. The molecule has 15 heavy (non-hydrogen) atoms. The molecule has 0 radical (unpaired) electrons. The van der Waals surface area contributed by atoms with Gasteiger partial charge in [-0.3, -0.25) is 0 Å². The van der Waals surface area contributed by atoms with Gasteiger partial charge in [-0.05, 0) is 37.5 Å². The second-order valence-electron chi connectivity index (χ2n) is 3.62. The summed E-state index contributed by atoms with van der Waals surface area (Å²) in [5, 5.41) is 9.62. The number of halogens is 2. The van der Waals surface area contributed by atoms with Gasteiger partial charge in [0.2, 0.25) is 0 Å². The number of aliphatic hydroxyl groups is 1. The van der Waals surface area contributed by atoms with Crippen molar-refractivity contribution in [2.24, 2.45) is 0 Å². The van der Waals surface area contributed by atoms with Crippen molar-refractivity contribution in [3.8, 4) is 0 Å². The van der Waals surface area contributed by atoms with Crippen molar-refractivity contribution in [1.82, 2.24) is 0 Å². The van der Waals surface area contributed by atoms with Crippen molar-refractivity contribution < 1.29 is 13.9 Å². The molecule has 1 aliphatic rings. The van der Waals surface area contributed by atoms with Crippen molar-refractivity contribution in [1.29, 1.82) is 0 Å². The third-order valence-corrected chi connectivity index (χ3v) is 2.44. The molecule has 0 atom stereocenters. The van der Waals surface area contributed by atoms with Gasteiger partial charge >= 0.3 is 0 Å². The van der Waals surface area contributed by atoms with Crippen molar-refractivity contribution >= 4 is 0 Å². The van der Waals surface area contributed by atoms with Crippen LogP contribution in [0.4, 0.5) is 8.78 Å². The molecule has 0 heterocycles. The van der Waals surface area contributed by atoms with E-state index in [-0.39, 0.29) is 11.1 Å². The standard InChI is InChI=1S/C10H10F2O.C2H6/c1-6-4-7(11)5-8(9(6)12)10(13)2-3-10;1-2/h4-5,13H,2-3H2,1H3;1-2H3. The van der Waals surface area contributed by atoms with E-state index in [0.717, 1.165) is 12.1 Å². The van der Waals surface area contributed by atoms with Gasteiger partial charge in [-0.15, -0.1) is 0 Å². The van der Waals surface area contributed by atoms with Crippen LogP contribution in [-0.2, 0) is 5.60 Å². The molecule has 1 aliphatic carbocycles. The summed E-state index contributed by atoms with van der Waals surface area (Å²) in [4.78, 5) is 0. The fourth-order valence-corrected chi connectivity index (χ4v) is 1.45. The fraction of sp³-hybridized carbons (Fsp3) is 0.500. The molecule has 0 unspecified atom stereocenters. The lowest BCUT2D eigenvalue weighted by Gasteiger charge is -2.10. The molecule has 1 nitrogen and oxygen atoms in total. The minimum atomic E-state index is -1.10. The highest BCUT2D eigenvalue weighted by molar-refractivity contribution is 5.33. The number of rotatable bonds is 1. The predicted molar refractivity (Wildman–Crippen MR) is 55.6 cm³/mol. The van der Waals surface area contributed by atoms with Gasteiger partial charge in [0.05, 0.1) is 5.60 Å². The average Bonchev–Trinajstić information content (AvgIpc) is 2.94. The Morgan fingerprint density at radius 3 is 2.20 bits per heavy atom. The van der Waals surface area contributed by atoms with Crippen LogP contribution < -0.4 is 0 Å². The number of aryl methyl sites for hydroxylation is 1. The summed E-state index contributed by atoms with van der Waals surface area (Å²) in [6, 6.07) is 2.21. The van der Waals surface area contributed by atoms with Crippen LogP contribution in [0.1, 0.15) is 37.8 Å². The third-order valence-electron chi connectivity index (χ3n) is 2.44. The van der Waals surface area contributed by atoms with E-state index in [1.807, 2.05) is 13.8 Å². The van der Waals surface area contributed by atoms with Gasteiger partial charge in [0.25, 0.3) is 0 Å². The molecule has 84 valence electrons. The fourth-order valence-electron chi connectivity index (χ4n) is 1.45. The van der Waals surface area contributed by atoms with Crippen LogP contribution in [-0.4, -0.2) is 5.11 Å². The molecule has 0 amide bonds. The van der Waals surface area contributed by atoms with Gasteiger partial charge in [0.1, 0.15) is 11.6 Å². The van der Waals surface area contributed by atoms with Crippen LogP contribution >= 0.6 is 0 Å². The van der Waals surface area contributed by atoms with Gasteiger partial charge < -0.3 is 5.11 Å². The number of benzene rings is 1. The van der Waals surface area contributed by atoms with Gasteiger partial charge in [-0.25, -0.2) is 8.78 Å². The molecule has 1 aromatic rings. The highest BCUT2D eigenvalue weighted by atomic mass is 19.1. The Morgan fingerprint density at radius 2 is 1.73 bits per heavy atom. The maximum Gasteiger partial charge on any atom is 0.132 e. The largest absolute Gasteiger partial charge is 0.385 e. The lowest BCUT2D eigenvalue weighted by atomic mass is 10.0. The highest BCUT2D eigenvalue weighted by Gasteiger charge is 2.44. The summed E-state index contributed by atoms with van der Waals surface area (Å²) in [5.74, 6) is -0.976. The van der Waals surface area contributed by atoms with E-state index in [1.165, 1.54) is 6.92 Å². The van der Waals surface area contributed by atoms with Gasteiger partial charge in [-0.1, -0.05) is 13.8 Å². The Bertz CT molecular complexity index is 357. The van der Waals surface area contributed by atoms with Crippen LogP contribution in [0.2, 0.25) is 0 Å². The first-order valence-corrected chi connectivity index (χ1v) is 5.21. The number of hydrogen-bond donors (Lipinski definition) is 1. The Kier molecular flexibility index (Phi) is 3.45. The summed E-state index contributed by atoms with van der Waals surface area (Å²) < 4.78 is 26.3. The summed E-state index contributed by atoms with van der Waals surface area (Å²) in [6.45, 7) is 5.49. The van der Waals surface area contributed by atoms with Crippen molar-refractivity contribution in [3.63, 3.8) is 0 Å². The van der Waals surface area contributed by atoms with E-state index in [4.69, 9.17) is 0 Å². The molecule has 0 bridgehead atoms. The van der Waals surface area contributed by atoms with Gasteiger partial charge in [-0.2, -0.15) is 0 Å². The molecular formula is C12H16F2O. The molecule has 3 heteroatoms. The first kappa shape index (κ1) is 12.1. The lowest BCUT2D eigenvalue weighted by molar-refractivity contribution is 0.146. The zero-order chi connectivity index (χ0) is 11.6. The maximum atomic E-state index is 13.4. The topological polar surface area (TPSA) is 20.2 Å². The SMILES string of the molecule is CC.Cc1cc(F)cc(C2(O)CC2)c1F. The van der Waals surface area contributed by atoms with Crippen molar-refractivity contribution in [3.05, 3.63) is 34.9 Å². The smallest absolute Gasteiger partial charge is 0.132 e. The van der Waals surface area contributed by atoms with Crippen LogP contribution in [0.15, 0.2) is 12.1 Å². The van der Waals surface area contributed by atoms with Gasteiger partial charge in [0, 0.05) is 5.56 Å². The molecule has 0 spiro atoms. The molecule has 1 saturated carbocycles. The highest BCUT2D eigenvalue weighted by Crippen LogP contribution is 2.46. The average molecular weight is 214 g/mol. The van der Waals surface area contributed by atoms with Gasteiger partial charge in [0.15, 0.2) is 0 Å². The monoisotopic (exact) mass is 214 g/mol. The zero-order valence-electron chi connectivity index (χ0n) is 9.27. The second-order valence-corrected chi connectivity index (χ2v) is 3.62. The minimum absolute atomic E-state index is 0.102. The van der Waals surface area contributed by atoms with Crippen LogP contribution in [0, 0.1) is 18.6 Å². The Morgan fingerprint density at radius 1 is 1.20 bits per heavy atom.